The predicted octanol–water partition coefficient (Wildman–Crippen LogP) is 2.26. The average Bonchev–Trinajstić information content (AvgIpc) is 2.96. The Morgan fingerprint density at radius 2 is 2.09 bits per heavy atom. The molecule has 0 aliphatic rings. The van der Waals surface area contributed by atoms with Crippen LogP contribution >= 0.6 is 0 Å². The van der Waals surface area contributed by atoms with Gasteiger partial charge in [-0.2, -0.15) is 14.4 Å². The molecule has 112 valence electrons. The Morgan fingerprint density at radius 1 is 1.23 bits per heavy atom. The highest BCUT2D eigenvalue weighted by molar-refractivity contribution is 7.98. The summed E-state index contributed by atoms with van der Waals surface area (Å²) >= 11 is 0. The van der Waals surface area contributed by atoms with Gasteiger partial charge in [-0.3, -0.25) is 4.98 Å². The van der Waals surface area contributed by atoms with Crippen LogP contribution in [0.4, 0.5) is 5.82 Å². The molecule has 0 aliphatic carbocycles. The van der Waals surface area contributed by atoms with Crippen LogP contribution in [0.25, 0.3) is 16.9 Å². The lowest BCUT2D eigenvalue weighted by Crippen LogP contribution is -2.18. The maximum absolute atomic E-state index is 11.4. The van der Waals surface area contributed by atoms with Crippen LogP contribution in [-0.4, -0.2) is 30.6 Å². The number of aromatic nitrogens is 4. The van der Waals surface area contributed by atoms with E-state index in [9.17, 15) is 8.76 Å². The van der Waals surface area contributed by atoms with E-state index in [1.807, 2.05) is 24.4 Å². The molecular weight excluding hydrogens is 302 g/mol. The molecule has 7 nitrogen and oxygen atoms in total. The van der Waals surface area contributed by atoms with Gasteiger partial charge in [0, 0.05) is 18.0 Å². The van der Waals surface area contributed by atoms with Crippen LogP contribution in [0, 0.1) is 0 Å². The molecule has 3 rings (SSSR count). The Bertz CT molecular complexity index is 828. The Kier molecular flexibility index (Phi) is 3.70. The van der Waals surface area contributed by atoms with E-state index in [4.69, 9.17) is 0 Å². The lowest BCUT2D eigenvalue weighted by molar-refractivity contribution is 0.509. The Hall–Kier alpha value is -2.58. The van der Waals surface area contributed by atoms with Crippen molar-refractivity contribution < 1.29 is 8.76 Å². The van der Waals surface area contributed by atoms with Crippen molar-refractivity contribution in [2.75, 3.05) is 11.0 Å². The molecule has 1 unspecified atom stereocenters. The summed E-state index contributed by atoms with van der Waals surface area (Å²) in [6.45, 7) is 0. The summed E-state index contributed by atoms with van der Waals surface area (Å²) in [5, 5.41) is 4.28. The minimum absolute atomic E-state index is 0.335. The topological polar surface area (TPSA) is 92.9 Å². The number of anilines is 1. The van der Waals surface area contributed by atoms with E-state index in [-0.39, 0.29) is 0 Å². The molecule has 0 saturated heterocycles. The van der Waals surface area contributed by atoms with Crippen LogP contribution < -0.4 is 4.72 Å². The van der Waals surface area contributed by atoms with Gasteiger partial charge in [-0.25, -0.2) is 9.67 Å². The fourth-order valence-corrected chi connectivity index (χ4v) is 2.43. The number of hydrogen-bond acceptors (Lipinski definition) is 4. The summed E-state index contributed by atoms with van der Waals surface area (Å²) in [6, 6.07) is 8.93. The molecule has 0 aromatic carbocycles. The van der Waals surface area contributed by atoms with Crippen LogP contribution in [0.5, 0.6) is 0 Å². The van der Waals surface area contributed by atoms with Crippen molar-refractivity contribution >= 4 is 16.2 Å². The molecule has 3 heterocycles. The van der Waals surface area contributed by atoms with Crippen molar-refractivity contribution in [3.8, 4) is 16.9 Å². The number of rotatable bonds is 4. The maximum atomic E-state index is 11.4. The molecule has 8 heteroatoms. The second-order valence-corrected chi connectivity index (χ2v) is 6.51. The van der Waals surface area contributed by atoms with Crippen molar-refractivity contribution in [2.24, 2.45) is 0 Å². The fourth-order valence-electron chi connectivity index (χ4n) is 1.93. The van der Waals surface area contributed by atoms with Crippen LogP contribution in [0.1, 0.15) is 0 Å². The molecule has 3 aromatic rings. The first kappa shape index (κ1) is 14.4. The van der Waals surface area contributed by atoms with E-state index >= 15 is 0 Å². The van der Waals surface area contributed by atoms with Gasteiger partial charge in [-0.1, -0.05) is 6.07 Å². The second-order valence-electron chi connectivity index (χ2n) is 4.70. The largest absolute Gasteiger partial charge is 0.309 e. The Morgan fingerprint density at radius 3 is 2.82 bits per heavy atom. The molecule has 0 saturated carbocycles. The summed E-state index contributed by atoms with van der Waals surface area (Å²) in [7, 11) is -3.11. The summed E-state index contributed by atoms with van der Waals surface area (Å²) in [4.78, 5) is 8.37. The first-order valence-electron chi connectivity index (χ1n) is 6.43. The van der Waals surface area contributed by atoms with Crippen LogP contribution in [0.15, 0.2) is 55.1 Å². The molecule has 2 N–H and O–H groups in total. The minimum Gasteiger partial charge on any atom is -0.262 e. The van der Waals surface area contributed by atoms with Gasteiger partial charge in [0.1, 0.15) is 0 Å². The second kappa shape index (κ2) is 5.66. The fraction of sp³-hybridized carbons (Fsp3) is 0.0714. The Labute approximate surface area is 128 Å². The third-order valence-corrected chi connectivity index (χ3v) is 3.42. The summed E-state index contributed by atoms with van der Waals surface area (Å²) in [6.07, 6.45) is 8.11. The van der Waals surface area contributed by atoms with Crippen molar-refractivity contribution in [1.29, 1.82) is 0 Å². The van der Waals surface area contributed by atoms with Gasteiger partial charge in [0.25, 0.3) is 0 Å². The van der Waals surface area contributed by atoms with Gasteiger partial charge in [0.2, 0.25) is 0 Å². The van der Waals surface area contributed by atoms with E-state index in [2.05, 4.69) is 19.8 Å². The zero-order valence-electron chi connectivity index (χ0n) is 11.7. The van der Waals surface area contributed by atoms with E-state index in [0.717, 1.165) is 11.3 Å². The van der Waals surface area contributed by atoms with Crippen molar-refractivity contribution in [3.05, 3.63) is 55.1 Å². The number of nitrogens with zero attached hydrogens (tertiary/aromatic N) is 4. The standard InChI is InChI=1S/C14H13N5O2S/c1-22(20,21)18-14-6-2-5-13(17-14)11-8-16-19(10-11)12-4-3-7-15-9-12/h2-10H,1H3,(H-,17,18,20,21)/p+1. The van der Waals surface area contributed by atoms with Gasteiger partial charge >= 0.3 is 10.4 Å². The van der Waals surface area contributed by atoms with E-state index in [1.54, 1.807) is 35.4 Å². The number of hydrogen-bond donors (Lipinski definition) is 2. The smallest absolute Gasteiger partial charge is 0.262 e. The highest BCUT2D eigenvalue weighted by Crippen LogP contribution is 2.20. The van der Waals surface area contributed by atoms with Gasteiger partial charge in [-0.15, -0.1) is 0 Å². The van der Waals surface area contributed by atoms with Crippen LogP contribution in [0.2, 0.25) is 0 Å². The molecule has 1 atom stereocenters. The van der Waals surface area contributed by atoms with Crippen molar-refractivity contribution in [3.63, 3.8) is 0 Å². The van der Waals surface area contributed by atoms with Gasteiger partial charge in [-0.05, 0) is 28.5 Å². The van der Waals surface area contributed by atoms with E-state index in [0.29, 0.717) is 11.5 Å². The third-order valence-electron chi connectivity index (χ3n) is 2.83. The molecule has 3 aromatic heterocycles. The predicted molar refractivity (Wildman–Crippen MR) is 84.8 cm³/mol. The molecule has 0 spiro atoms. The zero-order chi connectivity index (χ0) is 15.6. The van der Waals surface area contributed by atoms with E-state index < -0.39 is 10.4 Å². The third kappa shape index (κ3) is 3.35. The SMILES string of the molecule is C[S+](=O)(O)Nc1cccc(-c2cnn(-c3cccnc3)c2)n1. The number of pyridine rings is 2. The normalized spacial score (nSPS) is 13.5. The lowest BCUT2D eigenvalue weighted by atomic mass is 10.2. The maximum Gasteiger partial charge on any atom is 0.309 e. The lowest BCUT2D eigenvalue weighted by Gasteiger charge is -2.03. The molecule has 0 amide bonds. The van der Waals surface area contributed by atoms with Crippen LogP contribution in [-0.2, 0) is 14.6 Å². The summed E-state index contributed by atoms with van der Waals surface area (Å²) in [5.41, 5.74) is 2.30. The Balaban J connectivity index is 1.91. The molecule has 22 heavy (non-hydrogen) atoms. The molecule has 0 bridgehead atoms. The quantitative estimate of drug-likeness (QED) is 0.720. The zero-order valence-corrected chi connectivity index (χ0v) is 12.6. The monoisotopic (exact) mass is 316 g/mol. The highest BCUT2D eigenvalue weighted by atomic mass is 32.3. The average molecular weight is 316 g/mol. The first-order chi connectivity index (χ1) is 10.5. The molecule has 0 radical (unpaired) electrons. The van der Waals surface area contributed by atoms with Crippen LogP contribution in [0.3, 0.4) is 0 Å². The molecule has 0 aliphatic heterocycles. The van der Waals surface area contributed by atoms with E-state index in [1.165, 1.54) is 6.26 Å². The van der Waals surface area contributed by atoms with Gasteiger partial charge in [0.15, 0.2) is 12.1 Å². The van der Waals surface area contributed by atoms with Gasteiger partial charge < -0.3 is 0 Å². The van der Waals surface area contributed by atoms with Crippen molar-refractivity contribution in [2.45, 2.75) is 0 Å². The van der Waals surface area contributed by atoms with Gasteiger partial charge in [0.05, 0.1) is 23.8 Å². The minimum atomic E-state index is -3.11. The summed E-state index contributed by atoms with van der Waals surface area (Å²) < 4.78 is 24.9. The number of nitrogens with one attached hydrogen (secondary N) is 1. The summed E-state index contributed by atoms with van der Waals surface area (Å²) in [5.74, 6) is 0.335. The van der Waals surface area contributed by atoms with Crippen molar-refractivity contribution in [1.82, 2.24) is 19.7 Å². The molecule has 0 fully saturated rings. The highest BCUT2D eigenvalue weighted by Gasteiger charge is 2.17. The molecular formula is C14H14N5O2S+. The first-order valence-corrected chi connectivity index (χ1v) is 8.35.